The number of aliphatic hydroxyl groups is 1. The lowest BCUT2D eigenvalue weighted by Crippen LogP contribution is -2.04. The summed E-state index contributed by atoms with van der Waals surface area (Å²) in [7, 11) is 0. The minimum absolute atomic E-state index is 0.134. The topological polar surface area (TPSA) is 46.0 Å². The van der Waals surface area contributed by atoms with Crippen molar-refractivity contribution in [3.8, 4) is 11.4 Å². The molecule has 94 valence electrons. The molecule has 0 saturated heterocycles. The van der Waals surface area contributed by atoms with Gasteiger partial charge in [-0.3, -0.25) is 0 Å². The van der Waals surface area contributed by atoms with E-state index in [1.54, 1.807) is 0 Å². The van der Waals surface area contributed by atoms with Crippen molar-refractivity contribution in [3.63, 3.8) is 0 Å². The highest BCUT2D eigenvalue weighted by Gasteiger charge is 2.09. The van der Waals surface area contributed by atoms with Crippen molar-refractivity contribution >= 4 is 0 Å². The molecule has 3 heteroatoms. The Hall–Kier alpha value is -1.74. The van der Waals surface area contributed by atoms with Crippen LogP contribution in [0, 0.1) is 20.8 Å². The van der Waals surface area contributed by atoms with Crippen LogP contribution in [0.2, 0.25) is 0 Å². The van der Waals surface area contributed by atoms with Crippen molar-refractivity contribution in [2.24, 2.45) is 0 Å². The average Bonchev–Trinajstić information content (AvgIpc) is 2.33. The van der Waals surface area contributed by atoms with Gasteiger partial charge in [-0.05, 0) is 38.8 Å². The van der Waals surface area contributed by atoms with Crippen molar-refractivity contribution in [3.05, 3.63) is 46.8 Å². The standard InChI is InChI=1S/C15H18N2O/c1-10-5-4-6-13(9-10)15-16-11(2)14(7-8-18)12(3)17-15/h4-6,9,18H,7-8H2,1-3H3. The summed E-state index contributed by atoms with van der Waals surface area (Å²) in [6.07, 6.45) is 0.617. The molecule has 0 fully saturated rings. The SMILES string of the molecule is Cc1cccc(-c2nc(C)c(CCO)c(C)n2)c1. The summed E-state index contributed by atoms with van der Waals surface area (Å²) in [6, 6.07) is 8.18. The Morgan fingerprint density at radius 2 is 1.72 bits per heavy atom. The molecule has 0 atom stereocenters. The van der Waals surface area contributed by atoms with Crippen molar-refractivity contribution in [2.45, 2.75) is 27.2 Å². The molecule has 0 bridgehead atoms. The molecule has 0 saturated carbocycles. The number of hydrogen-bond acceptors (Lipinski definition) is 3. The van der Waals surface area contributed by atoms with Crippen LogP contribution in [0.4, 0.5) is 0 Å². The van der Waals surface area contributed by atoms with Gasteiger partial charge in [0.1, 0.15) is 0 Å². The summed E-state index contributed by atoms with van der Waals surface area (Å²) in [4.78, 5) is 9.08. The monoisotopic (exact) mass is 242 g/mol. The fraction of sp³-hybridized carbons (Fsp3) is 0.333. The number of hydrogen-bond donors (Lipinski definition) is 1. The predicted octanol–water partition coefficient (Wildman–Crippen LogP) is 2.60. The van der Waals surface area contributed by atoms with Crippen LogP contribution in [0.1, 0.15) is 22.5 Å². The first-order valence-electron chi connectivity index (χ1n) is 6.14. The van der Waals surface area contributed by atoms with Gasteiger partial charge in [-0.25, -0.2) is 9.97 Å². The van der Waals surface area contributed by atoms with Gasteiger partial charge in [0.2, 0.25) is 0 Å². The number of nitrogens with zero attached hydrogens (tertiary/aromatic N) is 2. The molecule has 0 unspecified atom stereocenters. The molecular formula is C15H18N2O. The second kappa shape index (κ2) is 5.27. The van der Waals surface area contributed by atoms with Crippen LogP contribution >= 0.6 is 0 Å². The average molecular weight is 242 g/mol. The molecule has 2 rings (SSSR count). The van der Waals surface area contributed by atoms with E-state index < -0.39 is 0 Å². The fourth-order valence-electron chi connectivity index (χ4n) is 2.13. The minimum Gasteiger partial charge on any atom is -0.396 e. The van der Waals surface area contributed by atoms with E-state index in [0.29, 0.717) is 6.42 Å². The maximum atomic E-state index is 9.04. The third-order valence-electron chi connectivity index (χ3n) is 3.06. The Labute approximate surface area is 108 Å². The molecular weight excluding hydrogens is 224 g/mol. The maximum Gasteiger partial charge on any atom is 0.159 e. The number of rotatable bonds is 3. The molecule has 0 amide bonds. The summed E-state index contributed by atoms with van der Waals surface area (Å²) in [6.45, 7) is 6.14. The van der Waals surface area contributed by atoms with E-state index in [4.69, 9.17) is 5.11 Å². The van der Waals surface area contributed by atoms with E-state index in [0.717, 1.165) is 28.3 Å². The van der Waals surface area contributed by atoms with Crippen LogP contribution in [0.5, 0.6) is 0 Å². The number of aryl methyl sites for hydroxylation is 3. The van der Waals surface area contributed by atoms with Crippen molar-refractivity contribution in [1.82, 2.24) is 9.97 Å². The number of aliphatic hydroxyl groups excluding tert-OH is 1. The Bertz CT molecular complexity index is 541. The highest BCUT2D eigenvalue weighted by atomic mass is 16.2. The van der Waals surface area contributed by atoms with Crippen LogP contribution in [-0.4, -0.2) is 21.7 Å². The molecule has 18 heavy (non-hydrogen) atoms. The van der Waals surface area contributed by atoms with E-state index >= 15 is 0 Å². The number of benzene rings is 1. The molecule has 0 aliphatic heterocycles. The summed E-state index contributed by atoms with van der Waals surface area (Å²) in [5.74, 6) is 0.760. The van der Waals surface area contributed by atoms with Gasteiger partial charge in [-0.2, -0.15) is 0 Å². The van der Waals surface area contributed by atoms with Crippen LogP contribution in [0.25, 0.3) is 11.4 Å². The Morgan fingerprint density at radius 3 is 2.28 bits per heavy atom. The zero-order chi connectivity index (χ0) is 13.1. The highest BCUT2D eigenvalue weighted by molar-refractivity contribution is 5.56. The first kappa shape index (κ1) is 12.7. The molecule has 1 heterocycles. The maximum absolute atomic E-state index is 9.04. The third-order valence-corrected chi connectivity index (χ3v) is 3.06. The molecule has 2 aromatic rings. The van der Waals surface area contributed by atoms with Gasteiger partial charge in [0.25, 0.3) is 0 Å². The normalized spacial score (nSPS) is 10.7. The van der Waals surface area contributed by atoms with Crippen molar-refractivity contribution in [2.75, 3.05) is 6.61 Å². The molecule has 1 aromatic carbocycles. The number of aromatic nitrogens is 2. The lowest BCUT2D eigenvalue weighted by atomic mass is 10.1. The smallest absolute Gasteiger partial charge is 0.159 e. The summed E-state index contributed by atoms with van der Waals surface area (Å²) in [5, 5.41) is 9.04. The lowest BCUT2D eigenvalue weighted by molar-refractivity contribution is 0.299. The first-order chi connectivity index (χ1) is 8.61. The Kier molecular flexibility index (Phi) is 3.72. The van der Waals surface area contributed by atoms with Crippen LogP contribution in [0.3, 0.4) is 0 Å². The van der Waals surface area contributed by atoms with Gasteiger partial charge in [0.05, 0.1) is 0 Å². The van der Waals surface area contributed by atoms with Gasteiger partial charge in [-0.1, -0.05) is 23.8 Å². The quantitative estimate of drug-likeness (QED) is 0.900. The molecule has 3 nitrogen and oxygen atoms in total. The zero-order valence-electron chi connectivity index (χ0n) is 11.1. The molecule has 0 aliphatic carbocycles. The lowest BCUT2D eigenvalue weighted by Gasteiger charge is -2.10. The first-order valence-corrected chi connectivity index (χ1v) is 6.14. The van der Waals surface area contributed by atoms with E-state index in [1.165, 1.54) is 5.56 Å². The van der Waals surface area contributed by atoms with Gasteiger partial charge in [0, 0.05) is 23.6 Å². The molecule has 0 spiro atoms. The summed E-state index contributed by atoms with van der Waals surface area (Å²) in [5.41, 5.74) is 5.19. The predicted molar refractivity (Wildman–Crippen MR) is 72.5 cm³/mol. The Morgan fingerprint density at radius 1 is 1.06 bits per heavy atom. The fourth-order valence-corrected chi connectivity index (χ4v) is 2.13. The van der Waals surface area contributed by atoms with E-state index in [2.05, 4.69) is 29.0 Å². The second-order valence-corrected chi connectivity index (χ2v) is 4.54. The second-order valence-electron chi connectivity index (χ2n) is 4.54. The highest BCUT2D eigenvalue weighted by Crippen LogP contribution is 2.19. The van der Waals surface area contributed by atoms with Gasteiger partial charge in [-0.15, -0.1) is 0 Å². The summed E-state index contributed by atoms with van der Waals surface area (Å²) < 4.78 is 0. The van der Waals surface area contributed by atoms with Gasteiger partial charge < -0.3 is 5.11 Å². The van der Waals surface area contributed by atoms with Crippen molar-refractivity contribution in [1.29, 1.82) is 0 Å². The molecule has 1 aromatic heterocycles. The molecule has 0 aliphatic rings. The van der Waals surface area contributed by atoms with Crippen LogP contribution in [0.15, 0.2) is 24.3 Å². The minimum atomic E-state index is 0.134. The summed E-state index contributed by atoms with van der Waals surface area (Å²) >= 11 is 0. The molecule has 0 radical (unpaired) electrons. The zero-order valence-corrected chi connectivity index (χ0v) is 11.1. The van der Waals surface area contributed by atoms with Gasteiger partial charge >= 0.3 is 0 Å². The molecule has 1 N–H and O–H groups in total. The van der Waals surface area contributed by atoms with Crippen LogP contribution in [-0.2, 0) is 6.42 Å². The Balaban J connectivity index is 2.48. The largest absolute Gasteiger partial charge is 0.396 e. The van der Waals surface area contributed by atoms with E-state index in [9.17, 15) is 0 Å². The third kappa shape index (κ3) is 2.57. The van der Waals surface area contributed by atoms with E-state index in [-0.39, 0.29) is 6.61 Å². The van der Waals surface area contributed by atoms with E-state index in [1.807, 2.05) is 26.0 Å². The van der Waals surface area contributed by atoms with Gasteiger partial charge in [0.15, 0.2) is 5.82 Å². The van der Waals surface area contributed by atoms with Crippen LogP contribution < -0.4 is 0 Å². The van der Waals surface area contributed by atoms with Crippen molar-refractivity contribution < 1.29 is 5.11 Å².